The molecule has 0 aromatic heterocycles. The summed E-state index contributed by atoms with van der Waals surface area (Å²) < 4.78 is 5.92. The summed E-state index contributed by atoms with van der Waals surface area (Å²) in [5, 5.41) is 10.1. The molecule has 0 amide bonds. The molecule has 21 heavy (non-hydrogen) atoms. The Bertz CT molecular complexity index is 501. The van der Waals surface area contributed by atoms with Crippen LogP contribution in [-0.2, 0) is 4.74 Å². The van der Waals surface area contributed by atoms with Gasteiger partial charge in [0.05, 0.1) is 18.8 Å². The minimum absolute atomic E-state index is 0.00771. The summed E-state index contributed by atoms with van der Waals surface area (Å²) in [5.41, 5.74) is 2.06. The average molecular weight is 305 g/mol. The van der Waals surface area contributed by atoms with Gasteiger partial charge in [0.25, 0.3) is 0 Å². The molecule has 0 heterocycles. The highest BCUT2D eigenvalue weighted by Crippen LogP contribution is 2.23. The van der Waals surface area contributed by atoms with Crippen LogP contribution in [0.5, 0.6) is 0 Å². The largest absolute Gasteiger partial charge is 0.388 e. The fourth-order valence-electron chi connectivity index (χ4n) is 2.28. The van der Waals surface area contributed by atoms with Crippen molar-refractivity contribution in [3.63, 3.8) is 0 Å². The zero-order valence-corrected chi connectivity index (χ0v) is 12.7. The van der Waals surface area contributed by atoms with Crippen LogP contribution in [-0.4, -0.2) is 17.6 Å². The monoisotopic (exact) mass is 304 g/mol. The molecule has 0 radical (unpaired) electrons. The predicted molar refractivity (Wildman–Crippen MR) is 86.5 cm³/mol. The maximum Gasteiger partial charge on any atom is 0.0836 e. The molecule has 2 aromatic rings. The summed E-state index contributed by atoms with van der Waals surface area (Å²) in [6.07, 6.45) is 0.855. The molecule has 2 unspecified atom stereocenters. The van der Waals surface area contributed by atoms with E-state index < -0.39 is 6.10 Å². The fraction of sp³-hybridized carbons (Fsp3) is 0.333. The van der Waals surface area contributed by atoms with Gasteiger partial charge in [0.2, 0.25) is 0 Å². The van der Waals surface area contributed by atoms with Gasteiger partial charge in [-0.05, 0) is 17.5 Å². The van der Waals surface area contributed by atoms with Crippen LogP contribution in [0.2, 0.25) is 0 Å². The van der Waals surface area contributed by atoms with Gasteiger partial charge in [-0.25, -0.2) is 0 Å². The molecule has 3 heteroatoms. The van der Waals surface area contributed by atoms with Crippen molar-refractivity contribution in [3.05, 3.63) is 71.8 Å². The second kappa shape index (κ2) is 8.83. The van der Waals surface area contributed by atoms with Crippen molar-refractivity contribution in [2.75, 3.05) is 12.5 Å². The standard InChI is InChI=1S/C18H21ClO2/c19-13-11-18(16-9-5-2-6-10-16)21-14-12-17(20)15-7-3-1-4-8-15/h1-10,17-18,20H,11-14H2. The molecular formula is C18H21ClO2. The molecule has 0 fully saturated rings. The summed E-state index contributed by atoms with van der Waals surface area (Å²) in [4.78, 5) is 0. The first-order chi connectivity index (χ1) is 10.3. The topological polar surface area (TPSA) is 29.5 Å². The highest BCUT2D eigenvalue weighted by Gasteiger charge is 2.13. The zero-order valence-electron chi connectivity index (χ0n) is 12.0. The predicted octanol–water partition coefficient (Wildman–Crippen LogP) is 4.50. The van der Waals surface area contributed by atoms with Crippen molar-refractivity contribution in [3.8, 4) is 0 Å². The van der Waals surface area contributed by atoms with Crippen LogP contribution in [0.3, 0.4) is 0 Å². The molecule has 0 saturated heterocycles. The Morgan fingerprint density at radius 2 is 1.43 bits per heavy atom. The lowest BCUT2D eigenvalue weighted by molar-refractivity contribution is 0.0254. The van der Waals surface area contributed by atoms with E-state index in [2.05, 4.69) is 0 Å². The molecule has 0 bridgehead atoms. The summed E-state index contributed by atoms with van der Waals surface area (Å²) in [7, 11) is 0. The van der Waals surface area contributed by atoms with Crippen LogP contribution >= 0.6 is 11.6 Å². The fourth-order valence-corrected chi connectivity index (χ4v) is 2.47. The first-order valence-electron chi connectivity index (χ1n) is 7.27. The van der Waals surface area contributed by atoms with E-state index in [4.69, 9.17) is 16.3 Å². The van der Waals surface area contributed by atoms with Crippen LogP contribution in [0, 0.1) is 0 Å². The number of hydrogen-bond donors (Lipinski definition) is 1. The van der Waals surface area contributed by atoms with E-state index in [1.165, 1.54) is 0 Å². The molecule has 2 aromatic carbocycles. The maximum atomic E-state index is 10.1. The van der Waals surface area contributed by atoms with E-state index in [0.29, 0.717) is 18.9 Å². The minimum atomic E-state index is -0.487. The lowest BCUT2D eigenvalue weighted by Gasteiger charge is -2.19. The van der Waals surface area contributed by atoms with E-state index in [1.54, 1.807) is 0 Å². The van der Waals surface area contributed by atoms with Crippen molar-refractivity contribution in [1.29, 1.82) is 0 Å². The smallest absolute Gasteiger partial charge is 0.0836 e. The summed E-state index contributed by atoms with van der Waals surface area (Å²) in [6.45, 7) is 0.506. The van der Waals surface area contributed by atoms with E-state index in [9.17, 15) is 5.11 Å². The van der Waals surface area contributed by atoms with Crippen LogP contribution in [0.25, 0.3) is 0 Å². The Labute approximate surface area is 131 Å². The van der Waals surface area contributed by atoms with Gasteiger partial charge in [0.15, 0.2) is 0 Å². The number of hydrogen-bond acceptors (Lipinski definition) is 2. The number of halogens is 1. The van der Waals surface area contributed by atoms with Gasteiger partial charge in [0.1, 0.15) is 0 Å². The number of aliphatic hydroxyl groups excluding tert-OH is 1. The van der Waals surface area contributed by atoms with Crippen molar-refractivity contribution < 1.29 is 9.84 Å². The number of alkyl halides is 1. The third kappa shape index (κ3) is 5.16. The highest BCUT2D eigenvalue weighted by molar-refractivity contribution is 6.17. The molecule has 1 N–H and O–H groups in total. The molecular weight excluding hydrogens is 284 g/mol. The average Bonchev–Trinajstić information content (AvgIpc) is 2.55. The third-order valence-corrected chi connectivity index (χ3v) is 3.66. The van der Waals surface area contributed by atoms with Gasteiger partial charge in [-0.2, -0.15) is 0 Å². The molecule has 0 aliphatic carbocycles. The molecule has 0 saturated carbocycles. The molecule has 0 spiro atoms. The lowest BCUT2D eigenvalue weighted by Crippen LogP contribution is -2.09. The SMILES string of the molecule is OC(CCOC(CCCl)c1ccccc1)c1ccccc1. The van der Waals surface area contributed by atoms with Gasteiger partial charge in [0, 0.05) is 12.3 Å². The van der Waals surface area contributed by atoms with Crippen LogP contribution < -0.4 is 0 Å². The number of benzene rings is 2. The van der Waals surface area contributed by atoms with Crippen LogP contribution in [0.15, 0.2) is 60.7 Å². The number of rotatable bonds is 8. The quantitative estimate of drug-likeness (QED) is 0.728. The highest BCUT2D eigenvalue weighted by atomic mass is 35.5. The number of aliphatic hydroxyl groups is 1. The van der Waals surface area contributed by atoms with Gasteiger partial charge >= 0.3 is 0 Å². The van der Waals surface area contributed by atoms with Gasteiger partial charge in [-0.1, -0.05) is 60.7 Å². The Kier molecular flexibility index (Phi) is 6.74. The van der Waals surface area contributed by atoms with E-state index in [1.807, 2.05) is 60.7 Å². The molecule has 2 rings (SSSR count). The molecule has 2 atom stereocenters. The van der Waals surface area contributed by atoms with E-state index in [0.717, 1.165) is 17.5 Å². The number of ether oxygens (including phenoxy) is 1. The first-order valence-corrected chi connectivity index (χ1v) is 7.80. The van der Waals surface area contributed by atoms with Crippen LogP contribution in [0.4, 0.5) is 0 Å². The minimum Gasteiger partial charge on any atom is -0.388 e. The molecule has 0 aliphatic heterocycles. The summed E-state index contributed by atoms with van der Waals surface area (Å²) in [6, 6.07) is 19.7. The normalized spacial score (nSPS) is 13.8. The maximum absolute atomic E-state index is 10.1. The first kappa shape index (κ1) is 16.0. The van der Waals surface area contributed by atoms with Gasteiger partial charge in [-0.3, -0.25) is 0 Å². The Morgan fingerprint density at radius 1 is 0.857 bits per heavy atom. The second-order valence-electron chi connectivity index (χ2n) is 4.96. The van der Waals surface area contributed by atoms with Gasteiger partial charge in [-0.15, -0.1) is 11.6 Å². The molecule has 2 nitrogen and oxygen atoms in total. The Hall–Kier alpha value is -1.35. The van der Waals surface area contributed by atoms with Crippen molar-refractivity contribution in [2.45, 2.75) is 25.0 Å². The van der Waals surface area contributed by atoms with E-state index >= 15 is 0 Å². The molecule has 112 valence electrons. The van der Waals surface area contributed by atoms with E-state index in [-0.39, 0.29) is 6.10 Å². The van der Waals surface area contributed by atoms with Crippen LogP contribution in [0.1, 0.15) is 36.2 Å². The molecule has 0 aliphatic rings. The summed E-state index contributed by atoms with van der Waals surface area (Å²) >= 11 is 5.85. The Balaban J connectivity index is 1.85. The summed E-state index contributed by atoms with van der Waals surface area (Å²) in [5.74, 6) is 0.556. The zero-order chi connectivity index (χ0) is 14.9. The third-order valence-electron chi connectivity index (χ3n) is 3.44. The second-order valence-corrected chi connectivity index (χ2v) is 5.34. The van der Waals surface area contributed by atoms with Gasteiger partial charge < -0.3 is 9.84 Å². The van der Waals surface area contributed by atoms with Crippen molar-refractivity contribution in [1.82, 2.24) is 0 Å². The van der Waals surface area contributed by atoms with Crippen molar-refractivity contribution in [2.24, 2.45) is 0 Å². The lowest BCUT2D eigenvalue weighted by atomic mass is 10.1. The Morgan fingerprint density at radius 3 is 2.00 bits per heavy atom. The van der Waals surface area contributed by atoms with Crippen molar-refractivity contribution >= 4 is 11.6 Å².